The number of nitrogens with one attached hydrogen (secondary N) is 1. The summed E-state index contributed by atoms with van der Waals surface area (Å²) in [6, 6.07) is 2.46. The van der Waals surface area contributed by atoms with Crippen LogP contribution in [-0.2, 0) is 14.8 Å². The molecule has 1 aliphatic heterocycles. The minimum Gasteiger partial charge on any atom is -0.340 e. The Balaban J connectivity index is 2.16. The van der Waals surface area contributed by atoms with Gasteiger partial charge in [-0.05, 0) is 6.07 Å². The molecular weight excluding hydrogens is 270 g/mol. The molecule has 0 atom stereocenters. The second kappa shape index (κ2) is 5.14. The molecule has 1 fully saturated rings. The second-order valence-electron chi connectivity index (χ2n) is 4.30. The topological polar surface area (TPSA) is 90.6 Å². The highest BCUT2D eigenvalue weighted by Crippen LogP contribution is 2.15. The second-order valence-corrected chi connectivity index (χ2v) is 6.24. The molecule has 1 aromatic heterocycles. The van der Waals surface area contributed by atoms with Gasteiger partial charge in [-0.1, -0.05) is 0 Å². The molecule has 1 amide bonds. The van der Waals surface area contributed by atoms with Crippen LogP contribution < -0.4 is 5.56 Å². The lowest BCUT2D eigenvalue weighted by Crippen LogP contribution is -2.49. The van der Waals surface area contributed by atoms with Crippen molar-refractivity contribution in [2.24, 2.45) is 0 Å². The summed E-state index contributed by atoms with van der Waals surface area (Å²) < 4.78 is 25.9. The number of hydrogen-bond acceptors (Lipinski definition) is 4. The molecule has 2 heterocycles. The van der Waals surface area contributed by atoms with Crippen molar-refractivity contribution in [3.05, 3.63) is 28.7 Å². The maximum absolute atomic E-state index is 12.3. The van der Waals surface area contributed by atoms with E-state index < -0.39 is 10.0 Å². The van der Waals surface area contributed by atoms with Crippen molar-refractivity contribution in [1.82, 2.24) is 14.2 Å². The zero-order valence-electron chi connectivity index (χ0n) is 10.5. The van der Waals surface area contributed by atoms with Crippen molar-refractivity contribution in [2.75, 3.05) is 26.2 Å². The molecule has 0 radical (unpaired) electrons. The zero-order valence-corrected chi connectivity index (χ0v) is 11.3. The van der Waals surface area contributed by atoms with Gasteiger partial charge in [-0.15, -0.1) is 0 Å². The third kappa shape index (κ3) is 2.85. The van der Waals surface area contributed by atoms with Crippen molar-refractivity contribution in [3.8, 4) is 0 Å². The first-order valence-corrected chi connectivity index (χ1v) is 7.29. The van der Waals surface area contributed by atoms with Crippen LogP contribution in [0.15, 0.2) is 28.0 Å². The van der Waals surface area contributed by atoms with E-state index in [0.717, 1.165) is 0 Å². The van der Waals surface area contributed by atoms with Gasteiger partial charge in [0, 0.05) is 45.4 Å². The largest absolute Gasteiger partial charge is 0.340 e. The van der Waals surface area contributed by atoms with Gasteiger partial charge in [0.15, 0.2) is 0 Å². The Bertz CT molecular complexity index is 609. The van der Waals surface area contributed by atoms with E-state index in [1.807, 2.05) is 0 Å². The Labute approximate surface area is 110 Å². The number of piperazine rings is 1. The number of aromatic amines is 1. The highest BCUT2D eigenvalue weighted by molar-refractivity contribution is 7.89. The summed E-state index contributed by atoms with van der Waals surface area (Å²) in [7, 11) is -3.60. The Morgan fingerprint density at radius 1 is 1.21 bits per heavy atom. The van der Waals surface area contributed by atoms with Crippen LogP contribution in [0.3, 0.4) is 0 Å². The maximum Gasteiger partial charge on any atom is 0.247 e. The number of pyridine rings is 1. The first-order chi connectivity index (χ1) is 8.91. The van der Waals surface area contributed by atoms with Crippen LogP contribution in [0, 0.1) is 0 Å². The standard InChI is InChI=1S/C11H15N3O4S/c1-9(15)13-4-6-14(7-5-13)19(17,18)10-2-3-11(16)12-8-10/h2-3,8H,4-7H2,1H3,(H,12,16). The number of carbonyl (C=O) groups excluding carboxylic acids is 1. The zero-order chi connectivity index (χ0) is 14.0. The summed E-state index contributed by atoms with van der Waals surface area (Å²) in [5.41, 5.74) is -0.347. The van der Waals surface area contributed by atoms with E-state index in [-0.39, 0.29) is 29.5 Å². The molecule has 7 nitrogen and oxygen atoms in total. The summed E-state index contributed by atoms with van der Waals surface area (Å²) in [4.78, 5) is 26.1. The number of H-pyrrole nitrogens is 1. The van der Waals surface area contributed by atoms with E-state index in [1.165, 1.54) is 29.6 Å². The predicted molar refractivity (Wildman–Crippen MR) is 68.1 cm³/mol. The number of aromatic nitrogens is 1. The van der Waals surface area contributed by atoms with Crippen molar-refractivity contribution in [2.45, 2.75) is 11.8 Å². The fourth-order valence-corrected chi connectivity index (χ4v) is 3.34. The van der Waals surface area contributed by atoms with Gasteiger partial charge in [0.1, 0.15) is 0 Å². The van der Waals surface area contributed by atoms with E-state index in [1.54, 1.807) is 4.90 Å². The highest BCUT2D eigenvalue weighted by atomic mass is 32.2. The molecule has 1 aliphatic rings. The van der Waals surface area contributed by atoms with Crippen LogP contribution in [0.4, 0.5) is 0 Å². The van der Waals surface area contributed by atoms with Crippen LogP contribution in [0.5, 0.6) is 0 Å². The Morgan fingerprint density at radius 2 is 1.84 bits per heavy atom. The quantitative estimate of drug-likeness (QED) is 0.772. The highest BCUT2D eigenvalue weighted by Gasteiger charge is 2.29. The molecule has 0 spiro atoms. The molecule has 1 aromatic rings. The van der Waals surface area contributed by atoms with Gasteiger partial charge in [-0.25, -0.2) is 8.42 Å². The predicted octanol–water partition coefficient (Wildman–Crippen LogP) is -0.772. The van der Waals surface area contributed by atoms with Gasteiger partial charge >= 0.3 is 0 Å². The molecule has 0 aliphatic carbocycles. The Hall–Kier alpha value is -1.67. The molecule has 8 heteroatoms. The normalized spacial score (nSPS) is 17.4. The molecule has 2 rings (SSSR count). The number of nitrogens with zero attached hydrogens (tertiary/aromatic N) is 2. The minimum absolute atomic E-state index is 0.0545. The molecule has 0 unspecified atom stereocenters. The van der Waals surface area contributed by atoms with Crippen LogP contribution in [0.2, 0.25) is 0 Å². The van der Waals surface area contributed by atoms with Crippen LogP contribution in [0.25, 0.3) is 0 Å². The average Bonchev–Trinajstić information content (AvgIpc) is 2.39. The molecule has 0 aromatic carbocycles. The molecule has 0 bridgehead atoms. The van der Waals surface area contributed by atoms with E-state index in [2.05, 4.69) is 4.98 Å². The fraction of sp³-hybridized carbons (Fsp3) is 0.455. The Kier molecular flexibility index (Phi) is 3.72. The molecular formula is C11H15N3O4S. The summed E-state index contributed by atoms with van der Waals surface area (Å²) in [6.45, 7) is 2.77. The van der Waals surface area contributed by atoms with E-state index in [4.69, 9.17) is 0 Å². The van der Waals surface area contributed by atoms with Crippen molar-refractivity contribution >= 4 is 15.9 Å². The van der Waals surface area contributed by atoms with Gasteiger partial charge in [0.2, 0.25) is 21.5 Å². The van der Waals surface area contributed by atoms with Crippen molar-refractivity contribution < 1.29 is 13.2 Å². The molecule has 104 valence electrons. The van der Waals surface area contributed by atoms with Gasteiger partial charge in [-0.3, -0.25) is 9.59 Å². The average molecular weight is 285 g/mol. The minimum atomic E-state index is -3.60. The van der Waals surface area contributed by atoms with Crippen LogP contribution in [0.1, 0.15) is 6.92 Å². The summed E-state index contributed by atoms with van der Waals surface area (Å²) in [5.74, 6) is -0.0545. The van der Waals surface area contributed by atoms with Crippen molar-refractivity contribution in [1.29, 1.82) is 0 Å². The SMILES string of the molecule is CC(=O)N1CCN(S(=O)(=O)c2ccc(=O)[nH]c2)CC1. The molecule has 19 heavy (non-hydrogen) atoms. The lowest BCUT2D eigenvalue weighted by molar-refractivity contribution is -0.129. The lowest BCUT2D eigenvalue weighted by Gasteiger charge is -2.33. The summed E-state index contributed by atoms with van der Waals surface area (Å²) in [6.07, 6.45) is 1.19. The van der Waals surface area contributed by atoms with Crippen LogP contribution >= 0.6 is 0 Å². The lowest BCUT2D eigenvalue weighted by atomic mass is 10.3. The monoisotopic (exact) mass is 285 g/mol. The van der Waals surface area contributed by atoms with Crippen molar-refractivity contribution in [3.63, 3.8) is 0 Å². The van der Waals surface area contributed by atoms with Gasteiger partial charge in [0.25, 0.3) is 0 Å². The van der Waals surface area contributed by atoms with Gasteiger partial charge < -0.3 is 9.88 Å². The molecule has 1 saturated heterocycles. The number of amides is 1. The number of hydrogen-bond donors (Lipinski definition) is 1. The van der Waals surface area contributed by atoms with Crippen LogP contribution in [-0.4, -0.2) is 54.7 Å². The first-order valence-electron chi connectivity index (χ1n) is 5.85. The third-order valence-electron chi connectivity index (χ3n) is 3.08. The van der Waals surface area contributed by atoms with E-state index >= 15 is 0 Å². The van der Waals surface area contributed by atoms with E-state index in [9.17, 15) is 18.0 Å². The summed E-state index contributed by atoms with van der Waals surface area (Å²) >= 11 is 0. The Morgan fingerprint density at radius 3 is 2.32 bits per heavy atom. The smallest absolute Gasteiger partial charge is 0.247 e. The first kappa shape index (κ1) is 13.8. The third-order valence-corrected chi connectivity index (χ3v) is 4.97. The van der Waals surface area contributed by atoms with Gasteiger partial charge in [-0.2, -0.15) is 4.31 Å². The number of rotatable bonds is 2. The van der Waals surface area contributed by atoms with E-state index in [0.29, 0.717) is 13.1 Å². The molecule has 1 N–H and O–H groups in total. The summed E-state index contributed by atoms with van der Waals surface area (Å²) in [5, 5.41) is 0. The molecule has 0 saturated carbocycles. The maximum atomic E-state index is 12.3. The number of sulfonamides is 1. The fourth-order valence-electron chi connectivity index (χ4n) is 1.95. The number of carbonyl (C=O) groups is 1. The van der Waals surface area contributed by atoms with Gasteiger partial charge in [0.05, 0.1) is 4.90 Å².